The number of nitrogens with zero attached hydrogens (tertiary/aromatic N) is 3. The lowest BCUT2D eigenvalue weighted by Crippen LogP contribution is -2.17. The van der Waals surface area contributed by atoms with Crippen molar-refractivity contribution in [3.05, 3.63) is 46.1 Å². The summed E-state index contributed by atoms with van der Waals surface area (Å²) in [5.41, 5.74) is 1.26. The summed E-state index contributed by atoms with van der Waals surface area (Å²) >= 11 is 3.43. The smallest absolute Gasteiger partial charge is 0.230 e. The van der Waals surface area contributed by atoms with Crippen molar-refractivity contribution >= 4 is 15.9 Å². The highest BCUT2D eigenvalue weighted by Gasteiger charge is 2.08. The monoisotopic (exact) mass is 309 g/mol. The van der Waals surface area contributed by atoms with Crippen LogP contribution in [0.25, 0.3) is 0 Å². The molecule has 0 aliphatic carbocycles. The molecule has 5 heteroatoms. The maximum absolute atomic E-state index is 5.49. The van der Waals surface area contributed by atoms with E-state index in [0.29, 0.717) is 18.3 Å². The highest BCUT2D eigenvalue weighted by molar-refractivity contribution is 9.10. The Morgan fingerprint density at radius 3 is 2.39 bits per heavy atom. The summed E-state index contributed by atoms with van der Waals surface area (Å²) in [6, 6.07) is 8.30. The van der Waals surface area contributed by atoms with Crippen molar-refractivity contribution in [2.24, 2.45) is 0 Å². The van der Waals surface area contributed by atoms with Gasteiger partial charge in [0.05, 0.1) is 6.54 Å². The van der Waals surface area contributed by atoms with E-state index in [1.807, 2.05) is 26.1 Å². The quantitative estimate of drug-likeness (QED) is 0.851. The van der Waals surface area contributed by atoms with Gasteiger partial charge in [0.1, 0.15) is 0 Å². The van der Waals surface area contributed by atoms with Crippen LogP contribution in [0.5, 0.6) is 0 Å². The predicted octanol–water partition coefficient (Wildman–Crippen LogP) is 3.03. The van der Waals surface area contributed by atoms with Crippen molar-refractivity contribution in [1.29, 1.82) is 0 Å². The van der Waals surface area contributed by atoms with Crippen LogP contribution >= 0.6 is 15.9 Å². The van der Waals surface area contributed by atoms with Crippen LogP contribution in [0.4, 0.5) is 0 Å². The molecule has 96 valence electrons. The molecule has 0 saturated carbocycles. The first-order valence-electron chi connectivity index (χ1n) is 5.91. The number of halogens is 1. The molecule has 4 nitrogen and oxygen atoms in total. The predicted molar refractivity (Wildman–Crippen MR) is 73.0 cm³/mol. The third-order valence-electron chi connectivity index (χ3n) is 2.58. The van der Waals surface area contributed by atoms with Gasteiger partial charge >= 0.3 is 0 Å². The minimum atomic E-state index is 0.670. The molecule has 0 saturated heterocycles. The first-order chi connectivity index (χ1) is 8.67. The molecule has 0 N–H and O–H groups in total. The molecule has 0 radical (unpaired) electrons. The van der Waals surface area contributed by atoms with Crippen molar-refractivity contribution in [1.82, 2.24) is 15.1 Å². The Hall–Kier alpha value is -1.20. The zero-order chi connectivity index (χ0) is 13.0. The number of hydrogen-bond acceptors (Lipinski definition) is 4. The second kappa shape index (κ2) is 6.11. The van der Waals surface area contributed by atoms with Gasteiger partial charge in [-0.1, -0.05) is 35.0 Å². The van der Waals surface area contributed by atoms with Gasteiger partial charge in [0.15, 0.2) is 0 Å². The standard InChI is InChI=1S/C13H16BrN3O/c1-3-12-15-16-13(18-12)9-17(2)8-10-4-6-11(14)7-5-10/h4-7H,3,8-9H2,1-2H3. The third kappa shape index (κ3) is 3.65. The fourth-order valence-corrected chi connectivity index (χ4v) is 1.95. The van der Waals surface area contributed by atoms with E-state index in [0.717, 1.165) is 17.4 Å². The Morgan fingerprint density at radius 2 is 1.78 bits per heavy atom. The summed E-state index contributed by atoms with van der Waals surface area (Å²) in [5.74, 6) is 1.37. The van der Waals surface area contributed by atoms with E-state index >= 15 is 0 Å². The fourth-order valence-electron chi connectivity index (χ4n) is 1.68. The van der Waals surface area contributed by atoms with E-state index in [1.54, 1.807) is 0 Å². The van der Waals surface area contributed by atoms with E-state index in [-0.39, 0.29) is 0 Å². The van der Waals surface area contributed by atoms with Gasteiger partial charge in [0.25, 0.3) is 0 Å². The second-order valence-corrected chi connectivity index (χ2v) is 5.16. The van der Waals surface area contributed by atoms with Crippen molar-refractivity contribution in [2.75, 3.05) is 7.05 Å². The van der Waals surface area contributed by atoms with Gasteiger partial charge in [0, 0.05) is 17.4 Å². The molecule has 1 heterocycles. The van der Waals surface area contributed by atoms with Gasteiger partial charge in [-0.15, -0.1) is 10.2 Å². The molecule has 1 aromatic carbocycles. The Morgan fingerprint density at radius 1 is 1.11 bits per heavy atom. The number of aryl methyl sites for hydroxylation is 1. The van der Waals surface area contributed by atoms with Gasteiger partial charge in [-0.05, 0) is 24.7 Å². The van der Waals surface area contributed by atoms with Crippen molar-refractivity contribution < 1.29 is 4.42 Å². The van der Waals surface area contributed by atoms with Gasteiger partial charge in [-0.25, -0.2) is 0 Å². The van der Waals surface area contributed by atoms with Crippen molar-refractivity contribution in [3.63, 3.8) is 0 Å². The number of rotatable bonds is 5. The Kier molecular flexibility index (Phi) is 4.49. The molecule has 0 amide bonds. The van der Waals surface area contributed by atoms with Crippen LogP contribution in [0.1, 0.15) is 24.3 Å². The van der Waals surface area contributed by atoms with Crippen LogP contribution in [0.15, 0.2) is 33.2 Å². The summed E-state index contributed by atoms with van der Waals surface area (Å²) in [4.78, 5) is 2.15. The van der Waals surface area contributed by atoms with Crippen molar-refractivity contribution in [3.8, 4) is 0 Å². The molecule has 2 rings (SSSR count). The lowest BCUT2D eigenvalue weighted by molar-refractivity contribution is 0.277. The van der Waals surface area contributed by atoms with Crippen LogP contribution in [0.2, 0.25) is 0 Å². The minimum absolute atomic E-state index is 0.670. The summed E-state index contributed by atoms with van der Waals surface area (Å²) in [7, 11) is 2.04. The molecular formula is C13H16BrN3O. The van der Waals surface area contributed by atoms with Crippen LogP contribution in [0, 0.1) is 0 Å². The second-order valence-electron chi connectivity index (χ2n) is 4.24. The normalized spacial score (nSPS) is 11.1. The van der Waals surface area contributed by atoms with E-state index in [9.17, 15) is 0 Å². The average Bonchev–Trinajstić information content (AvgIpc) is 2.79. The van der Waals surface area contributed by atoms with E-state index in [4.69, 9.17) is 4.42 Å². The minimum Gasteiger partial charge on any atom is -0.424 e. The summed E-state index contributed by atoms with van der Waals surface area (Å²) < 4.78 is 6.58. The molecule has 0 aliphatic heterocycles. The zero-order valence-electron chi connectivity index (χ0n) is 10.6. The zero-order valence-corrected chi connectivity index (χ0v) is 12.1. The SMILES string of the molecule is CCc1nnc(CN(C)Cc2ccc(Br)cc2)o1. The number of hydrogen-bond donors (Lipinski definition) is 0. The molecule has 0 bridgehead atoms. The molecule has 0 aliphatic rings. The Bertz CT molecular complexity index is 495. The fraction of sp³-hybridized carbons (Fsp3) is 0.385. The van der Waals surface area contributed by atoms with Gasteiger partial charge < -0.3 is 4.42 Å². The van der Waals surface area contributed by atoms with Crippen LogP contribution in [-0.2, 0) is 19.5 Å². The maximum Gasteiger partial charge on any atom is 0.230 e. The molecule has 1 aromatic heterocycles. The topological polar surface area (TPSA) is 42.2 Å². The number of benzene rings is 1. The Labute approximate surface area is 115 Å². The highest BCUT2D eigenvalue weighted by Crippen LogP contribution is 2.12. The van der Waals surface area contributed by atoms with Crippen LogP contribution < -0.4 is 0 Å². The molecule has 0 unspecified atom stereocenters. The van der Waals surface area contributed by atoms with Gasteiger partial charge in [-0.3, -0.25) is 4.90 Å². The summed E-state index contributed by atoms with van der Waals surface area (Å²) in [6.07, 6.45) is 0.781. The number of aromatic nitrogens is 2. The molecular weight excluding hydrogens is 294 g/mol. The van der Waals surface area contributed by atoms with E-state index in [2.05, 4.69) is 43.2 Å². The molecule has 0 spiro atoms. The lowest BCUT2D eigenvalue weighted by atomic mass is 10.2. The third-order valence-corrected chi connectivity index (χ3v) is 3.11. The first-order valence-corrected chi connectivity index (χ1v) is 6.71. The summed E-state index contributed by atoms with van der Waals surface area (Å²) in [6.45, 7) is 3.53. The Balaban J connectivity index is 1.91. The molecule has 2 aromatic rings. The lowest BCUT2D eigenvalue weighted by Gasteiger charge is -2.14. The van der Waals surface area contributed by atoms with Crippen LogP contribution in [0.3, 0.4) is 0 Å². The molecule has 0 atom stereocenters. The largest absolute Gasteiger partial charge is 0.424 e. The van der Waals surface area contributed by atoms with Gasteiger partial charge in [-0.2, -0.15) is 0 Å². The first kappa shape index (κ1) is 13.2. The maximum atomic E-state index is 5.49. The van der Waals surface area contributed by atoms with E-state index in [1.165, 1.54) is 5.56 Å². The van der Waals surface area contributed by atoms with E-state index < -0.39 is 0 Å². The highest BCUT2D eigenvalue weighted by atomic mass is 79.9. The van der Waals surface area contributed by atoms with Crippen molar-refractivity contribution in [2.45, 2.75) is 26.4 Å². The van der Waals surface area contributed by atoms with Gasteiger partial charge in [0.2, 0.25) is 11.8 Å². The summed E-state index contributed by atoms with van der Waals surface area (Å²) in [5, 5.41) is 7.97. The molecule has 18 heavy (non-hydrogen) atoms. The van der Waals surface area contributed by atoms with Crippen LogP contribution in [-0.4, -0.2) is 22.1 Å². The molecule has 0 fully saturated rings. The average molecular weight is 310 g/mol.